The molecule has 1 aliphatic rings. The highest BCUT2D eigenvalue weighted by Gasteiger charge is 2.41. The minimum Gasteiger partial charge on any atom is -0.302 e. The van der Waals surface area contributed by atoms with Gasteiger partial charge in [-0.15, -0.1) is 0 Å². The van der Waals surface area contributed by atoms with Gasteiger partial charge in [0.25, 0.3) is 0 Å². The van der Waals surface area contributed by atoms with Crippen LogP contribution in [0, 0.1) is 11.3 Å². The number of likely N-dealkylation sites (tertiary alicyclic amines) is 1. The van der Waals surface area contributed by atoms with Crippen LogP contribution in [0.25, 0.3) is 0 Å². The number of hydrogen-bond acceptors (Lipinski definition) is 2. The van der Waals surface area contributed by atoms with Gasteiger partial charge in [0.1, 0.15) is 5.78 Å². The van der Waals surface area contributed by atoms with Crippen molar-refractivity contribution in [2.75, 3.05) is 19.6 Å². The van der Waals surface area contributed by atoms with Gasteiger partial charge in [0, 0.05) is 12.0 Å². The molecule has 0 spiro atoms. The topological polar surface area (TPSA) is 20.3 Å². The largest absolute Gasteiger partial charge is 0.391 e. The summed E-state index contributed by atoms with van der Waals surface area (Å²) in [7, 11) is 0. The Morgan fingerprint density at radius 3 is 2.06 bits per heavy atom. The van der Waals surface area contributed by atoms with Crippen molar-refractivity contribution in [3.8, 4) is 0 Å². The molecular weight excluding hydrogens is 231 g/mol. The van der Waals surface area contributed by atoms with Crippen LogP contribution in [-0.4, -0.2) is 36.5 Å². The van der Waals surface area contributed by atoms with E-state index in [0.29, 0.717) is 19.6 Å². The van der Waals surface area contributed by atoms with E-state index < -0.39 is 17.5 Å². The van der Waals surface area contributed by atoms with Gasteiger partial charge in [-0.1, -0.05) is 13.8 Å². The monoisotopic (exact) mass is 251 g/mol. The van der Waals surface area contributed by atoms with Crippen LogP contribution in [0.15, 0.2) is 0 Å². The summed E-state index contributed by atoms with van der Waals surface area (Å²) in [4.78, 5) is 13.3. The molecule has 0 aromatic rings. The van der Waals surface area contributed by atoms with Gasteiger partial charge in [0.05, 0.1) is 5.92 Å². The predicted octanol–water partition coefficient (Wildman–Crippen LogP) is 2.88. The quantitative estimate of drug-likeness (QED) is 0.768. The lowest BCUT2D eigenvalue weighted by molar-refractivity contribution is -0.185. The molecule has 0 bridgehead atoms. The first-order valence-electron chi connectivity index (χ1n) is 5.93. The van der Waals surface area contributed by atoms with Crippen molar-refractivity contribution in [2.45, 2.75) is 39.8 Å². The van der Waals surface area contributed by atoms with Gasteiger partial charge >= 0.3 is 6.18 Å². The minimum absolute atomic E-state index is 0.0791. The molecule has 1 saturated heterocycles. The summed E-state index contributed by atoms with van der Waals surface area (Å²) in [5.74, 6) is -1.09. The van der Waals surface area contributed by atoms with Gasteiger partial charge in [0.15, 0.2) is 0 Å². The first kappa shape index (κ1) is 14.5. The molecule has 0 aromatic carbocycles. The Labute approximate surface area is 100 Å². The van der Waals surface area contributed by atoms with Crippen molar-refractivity contribution in [3.63, 3.8) is 0 Å². The van der Waals surface area contributed by atoms with Gasteiger partial charge in [0.2, 0.25) is 0 Å². The Bertz CT molecular complexity index is 278. The number of Topliss-reactive ketones (excluding diaryl/α,β-unsaturated/α-hetero) is 1. The zero-order chi connectivity index (χ0) is 13.3. The highest BCUT2D eigenvalue weighted by atomic mass is 19.4. The van der Waals surface area contributed by atoms with E-state index in [9.17, 15) is 18.0 Å². The van der Waals surface area contributed by atoms with Crippen molar-refractivity contribution in [3.05, 3.63) is 0 Å². The molecule has 0 amide bonds. The zero-order valence-electron chi connectivity index (χ0n) is 10.6. The highest BCUT2D eigenvalue weighted by molar-refractivity contribution is 5.81. The molecule has 1 aliphatic heterocycles. The average molecular weight is 251 g/mol. The number of piperidine rings is 1. The fourth-order valence-electron chi connectivity index (χ4n) is 2.09. The maximum absolute atomic E-state index is 12.5. The minimum atomic E-state index is -4.07. The standard InChI is InChI=1S/C12H20F3NO/c1-9(17)11(2,3)8-16-6-4-10(5-7-16)12(13,14)15/h10H,4-8H2,1-3H3. The lowest BCUT2D eigenvalue weighted by Gasteiger charge is -2.36. The van der Waals surface area contributed by atoms with Crippen LogP contribution < -0.4 is 0 Å². The Hall–Kier alpha value is -0.580. The molecule has 1 fully saturated rings. The number of nitrogens with zero attached hydrogens (tertiary/aromatic N) is 1. The molecule has 5 heteroatoms. The summed E-state index contributed by atoms with van der Waals surface area (Å²) in [5, 5.41) is 0. The molecule has 100 valence electrons. The summed E-state index contributed by atoms with van der Waals surface area (Å²) in [6, 6.07) is 0. The van der Waals surface area contributed by atoms with Crippen molar-refractivity contribution in [2.24, 2.45) is 11.3 Å². The number of halogens is 3. The van der Waals surface area contributed by atoms with Gasteiger partial charge in [-0.25, -0.2) is 0 Å². The zero-order valence-corrected chi connectivity index (χ0v) is 10.6. The van der Waals surface area contributed by atoms with Gasteiger partial charge in [-0.2, -0.15) is 13.2 Å². The summed E-state index contributed by atoms with van der Waals surface area (Å²) in [5.41, 5.74) is -0.467. The molecule has 0 aromatic heterocycles. The number of carbonyl (C=O) groups is 1. The molecule has 17 heavy (non-hydrogen) atoms. The van der Waals surface area contributed by atoms with Crippen molar-refractivity contribution >= 4 is 5.78 Å². The molecule has 2 nitrogen and oxygen atoms in total. The smallest absolute Gasteiger partial charge is 0.302 e. The van der Waals surface area contributed by atoms with Crippen LogP contribution in [-0.2, 0) is 4.79 Å². The van der Waals surface area contributed by atoms with Crippen LogP contribution in [0.1, 0.15) is 33.6 Å². The van der Waals surface area contributed by atoms with Gasteiger partial charge in [-0.05, 0) is 32.9 Å². The molecule has 0 saturated carbocycles. The van der Waals surface area contributed by atoms with E-state index in [1.165, 1.54) is 6.92 Å². The average Bonchev–Trinajstić information content (AvgIpc) is 2.16. The van der Waals surface area contributed by atoms with Crippen LogP contribution in [0.5, 0.6) is 0 Å². The van der Waals surface area contributed by atoms with E-state index in [1.54, 1.807) is 0 Å². The Balaban J connectivity index is 2.46. The van der Waals surface area contributed by atoms with E-state index in [-0.39, 0.29) is 18.6 Å². The molecule has 0 unspecified atom stereocenters. The third-order valence-electron chi connectivity index (χ3n) is 3.62. The molecule has 0 radical (unpaired) electrons. The van der Waals surface area contributed by atoms with Crippen LogP contribution in [0.3, 0.4) is 0 Å². The number of hydrogen-bond donors (Lipinski definition) is 0. The van der Waals surface area contributed by atoms with E-state index >= 15 is 0 Å². The summed E-state index contributed by atoms with van der Waals surface area (Å²) < 4.78 is 37.4. The maximum atomic E-state index is 12.5. The Kier molecular flexibility index (Phi) is 4.23. The number of rotatable bonds is 3. The molecule has 0 N–H and O–H groups in total. The van der Waals surface area contributed by atoms with Gasteiger partial charge < -0.3 is 4.90 Å². The SMILES string of the molecule is CC(=O)C(C)(C)CN1CCC(C(F)(F)F)CC1. The number of carbonyl (C=O) groups excluding carboxylic acids is 1. The van der Waals surface area contributed by atoms with Crippen LogP contribution >= 0.6 is 0 Å². The molecule has 1 heterocycles. The summed E-state index contributed by atoms with van der Waals surface area (Å²) in [6.07, 6.45) is -3.77. The van der Waals surface area contributed by atoms with Gasteiger partial charge in [-0.3, -0.25) is 4.79 Å². The Morgan fingerprint density at radius 2 is 1.71 bits per heavy atom. The van der Waals surface area contributed by atoms with Crippen molar-refractivity contribution in [1.82, 2.24) is 4.90 Å². The summed E-state index contributed by atoms with van der Waals surface area (Å²) in [6.45, 7) is 6.62. The van der Waals surface area contributed by atoms with E-state index in [2.05, 4.69) is 0 Å². The van der Waals surface area contributed by atoms with E-state index in [1.807, 2.05) is 18.7 Å². The lowest BCUT2D eigenvalue weighted by Crippen LogP contribution is -2.44. The van der Waals surface area contributed by atoms with E-state index in [4.69, 9.17) is 0 Å². The third-order valence-corrected chi connectivity index (χ3v) is 3.62. The Morgan fingerprint density at radius 1 is 1.24 bits per heavy atom. The molecule has 1 rings (SSSR count). The normalized spacial score (nSPS) is 20.6. The fraction of sp³-hybridized carbons (Fsp3) is 0.917. The molecular formula is C12H20F3NO. The summed E-state index contributed by atoms with van der Waals surface area (Å²) >= 11 is 0. The predicted molar refractivity (Wildman–Crippen MR) is 59.7 cm³/mol. The van der Waals surface area contributed by atoms with Crippen LogP contribution in [0.4, 0.5) is 13.2 Å². The van der Waals surface area contributed by atoms with Crippen molar-refractivity contribution < 1.29 is 18.0 Å². The third kappa shape index (κ3) is 3.98. The number of ketones is 1. The molecule has 0 aliphatic carbocycles. The second kappa shape index (κ2) is 4.96. The lowest BCUT2D eigenvalue weighted by atomic mass is 9.87. The first-order valence-corrected chi connectivity index (χ1v) is 5.93. The van der Waals surface area contributed by atoms with Crippen molar-refractivity contribution in [1.29, 1.82) is 0 Å². The first-order chi connectivity index (χ1) is 7.63. The fourth-order valence-corrected chi connectivity index (χ4v) is 2.09. The highest BCUT2D eigenvalue weighted by Crippen LogP contribution is 2.34. The second-order valence-corrected chi connectivity index (χ2v) is 5.53. The second-order valence-electron chi connectivity index (χ2n) is 5.53. The molecule has 0 atom stereocenters. The van der Waals surface area contributed by atoms with Crippen LogP contribution in [0.2, 0.25) is 0 Å². The number of alkyl halides is 3. The van der Waals surface area contributed by atoms with E-state index in [0.717, 1.165) is 0 Å². The maximum Gasteiger partial charge on any atom is 0.391 e.